The van der Waals surface area contributed by atoms with E-state index in [1.165, 1.54) is 29.7 Å². The molecule has 0 aliphatic carbocycles. The van der Waals surface area contributed by atoms with Gasteiger partial charge in [-0.3, -0.25) is 0 Å². The van der Waals surface area contributed by atoms with Gasteiger partial charge in [-0.25, -0.2) is 0 Å². The molecule has 1 N–H and O–H groups in total. The lowest BCUT2D eigenvalue weighted by atomic mass is 9.99. The zero-order valence-corrected chi connectivity index (χ0v) is 11.4. The molecule has 1 aliphatic heterocycles. The molecule has 3 rings (SSSR count). The van der Waals surface area contributed by atoms with Crippen LogP contribution in [0.2, 0.25) is 0 Å². The molecule has 0 amide bonds. The number of benzene rings is 2. The summed E-state index contributed by atoms with van der Waals surface area (Å²) in [6.45, 7) is 3.36. The van der Waals surface area contributed by atoms with E-state index in [1.807, 2.05) is 12.1 Å². The number of hydrogen-bond donors (Lipinski definition) is 1. The Kier molecular flexibility index (Phi) is 3.51. The molecule has 0 bridgehead atoms. The van der Waals surface area contributed by atoms with Gasteiger partial charge in [-0.15, -0.1) is 0 Å². The van der Waals surface area contributed by atoms with Crippen LogP contribution in [0.4, 0.5) is 0 Å². The van der Waals surface area contributed by atoms with E-state index in [0.29, 0.717) is 0 Å². The molecule has 0 radical (unpaired) electrons. The molecule has 2 aromatic carbocycles. The minimum Gasteiger partial charge on any atom is -0.496 e. The van der Waals surface area contributed by atoms with Gasteiger partial charge in [0.05, 0.1) is 13.7 Å². The molecule has 0 saturated carbocycles. The molecule has 2 aromatic rings. The number of nitrogens with one attached hydrogen (secondary N) is 1. The minimum absolute atomic E-state index is 1.01. The number of ether oxygens (including phenoxy) is 1. The van der Waals surface area contributed by atoms with Gasteiger partial charge in [0.1, 0.15) is 18.8 Å². The summed E-state index contributed by atoms with van der Waals surface area (Å²) in [6.07, 6.45) is 1.18. The maximum absolute atomic E-state index is 5.44. The number of rotatable bonds is 3. The van der Waals surface area contributed by atoms with E-state index in [4.69, 9.17) is 4.74 Å². The molecule has 98 valence electrons. The lowest BCUT2D eigenvalue weighted by molar-refractivity contribution is -0.929. The predicted molar refractivity (Wildman–Crippen MR) is 76.4 cm³/mol. The minimum atomic E-state index is 1.01. The Morgan fingerprint density at radius 2 is 1.74 bits per heavy atom. The first-order chi connectivity index (χ1) is 9.36. The highest BCUT2D eigenvalue weighted by molar-refractivity contribution is 5.32. The van der Waals surface area contributed by atoms with Crippen molar-refractivity contribution < 1.29 is 9.64 Å². The van der Waals surface area contributed by atoms with Crippen LogP contribution < -0.4 is 9.64 Å². The molecule has 2 heteroatoms. The maximum Gasteiger partial charge on any atom is 0.127 e. The lowest BCUT2D eigenvalue weighted by Crippen LogP contribution is -3.10. The van der Waals surface area contributed by atoms with Gasteiger partial charge in [0.2, 0.25) is 0 Å². The molecule has 0 spiro atoms. The van der Waals surface area contributed by atoms with Crippen molar-refractivity contribution in [2.24, 2.45) is 0 Å². The molecule has 2 nitrogen and oxygen atoms in total. The van der Waals surface area contributed by atoms with Crippen molar-refractivity contribution in [3.63, 3.8) is 0 Å². The Morgan fingerprint density at radius 3 is 2.58 bits per heavy atom. The molecule has 19 heavy (non-hydrogen) atoms. The fourth-order valence-electron chi connectivity index (χ4n) is 2.91. The molecule has 1 atom stereocenters. The van der Waals surface area contributed by atoms with Gasteiger partial charge in [0, 0.05) is 17.5 Å². The zero-order valence-electron chi connectivity index (χ0n) is 11.4. The monoisotopic (exact) mass is 254 g/mol. The second-order valence-electron chi connectivity index (χ2n) is 5.18. The van der Waals surface area contributed by atoms with Crippen LogP contribution in [0.15, 0.2) is 48.5 Å². The highest BCUT2D eigenvalue weighted by Crippen LogP contribution is 2.17. The van der Waals surface area contributed by atoms with Crippen molar-refractivity contribution in [2.75, 3.05) is 13.7 Å². The first-order valence-corrected chi connectivity index (χ1v) is 6.89. The molecule has 0 aromatic heterocycles. The van der Waals surface area contributed by atoms with E-state index in [1.54, 1.807) is 12.0 Å². The van der Waals surface area contributed by atoms with Crippen molar-refractivity contribution in [3.05, 3.63) is 65.2 Å². The fourth-order valence-corrected chi connectivity index (χ4v) is 2.91. The Labute approximate surface area is 114 Å². The van der Waals surface area contributed by atoms with Gasteiger partial charge in [-0.1, -0.05) is 36.4 Å². The van der Waals surface area contributed by atoms with Crippen LogP contribution >= 0.6 is 0 Å². The molecule has 0 fully saturated rings. The van der Waals surface area contributed by atoms with Crippen LogP contribution in [0.1, 0.15) is 16.7 Å². The average Bonchev–Trinajstić information content (AvgIpc) is 2.48. The summed E-state index contributed by atoms with van der Waals surface area (Å²) in [6, 6.07) is 17.2. The van der Waals surface area contributed by atoms with Gasteiger partial charge in [-0.05, 0) is 17.7 Å². The van der Waals surface area contributed by atoms with Crippen LogP contribution in [-0.2, 0) is 19.5 Å². The first kappa shape index (κ1) is 12.2. The molecule has 1 unspecified atom stereocenters. The molecule has 0 saturated heterocycles. The van der Waals surface area contributed by atoms with Crippen molar-refractivity contribution in [1.82, 2.24) is 0 Å². The summed E-state index contributed by atoms with van der Waals surface area (Å²) in [5, 5.41) is 0. The summed E-state index contributed by atoms with van der Waals surface area (Å²) in [5.41, 5.74) is 4.32. The predicted octanol–water partition coefficient (Wildman–Crippen LogP) is 1.84. The van der Waals surface area contributed by atoms with Gasteiger partial charge in [0.25, 0.3) is 0 Å². The molecular formula is C17H20NO+. The van der Waals surface area contributed by atoms with Gasteiger partial charge < -0.3 is 9.64 Å². The Balaban J connectivity index is 1.75. The van der Waals surface area contributed by atoms with E-state index in [9.17, 15) is 0 Å². The average molecular weight is 254 g/mol. The molecular weight excluding hydrogens is 234 g/mol. The quantitative estimate of drug-likeness (QED) is 0.882. The van der Waals surface area contributed by atoms with Crippen LogP contribution in [0, 0.1) is 0 Å². The Bertz CT molecular complexity index is 565. The van der Waals surface area contributed by atoms with Gasteiger partial charge in [0.15, 0.2) is 0 Å². The van der Waals surface area contributed by atoms with Crippen LogP contribution in [0.25, 0.3) is 0 Å². The topological polar surface area (TPSA) is 13.7 Å². The number of fused-ring (bicyclic) bond motifs is 1. The van der Waals surface area contributed by atoms with E-state index in [0.717, 1.165) is 18.8 Å². The first-order valence-electron chi connectivity index (χ1n) is 6.89. The zero-order chi connectivity index (χ0) is 13.1. The van der Waals surface area contributed by atoms with Crippen LogP contribution in [0.3, 0.4) is 0 Å². The van der Waals surface area contributed by atoms with Crippen molar-refractivity contribution in [1.29, 1.82) is 0 Å². The van der Waals surface area contributed by atoms with E-state index >= 15 is 0 Å². The third-order valence-corrected chi connectivity index (χ3v) is 3.94. The number of quaternary nitrogens is 1. The second kappa shape index (κ2) is 5.45. The van der Waals surface area contributed by atoms with Crippen LogP contribution in [0.5, 0.6) is 5.75 Å². The van der Waals surface area contributed by atoms with Gasteiger partial charge >= 0.3 is 0 Å². The maximum atomic E-state index is 5.44. The van der Waals surface area contributed by atoms with E-state index in [-0.39, 0.29) is 0 Å². The summed E-state index contributed by atoms with van der Waals surface area (Å²) < 4.78 is 5.44. The van der Waals surface area contributed by atoms with Gasteiger partial charge in [-0.2, -0.15) is 0 Å². The lowest BCUT2D eigenvalue weighted by Gasteiger charge is -2.26. The Morgan fingerprint density at radius 1 is 1.00 bits per heavy atom. The largest absolute Gasteiger partial charge is 0.496 e. The molecule has 1 aliphatic rings. The number of methoxy groups -OCH3 is 1. The Hall–Kier alpha value is -1.80. The third-order valence-electron chi connectivity index (χ3n) is 3.94. The highest BCUT2D eigenvalue weighted by Gasteiger charge is 2.20. The third kappa shape index (κ3) is 2.64. The highest BCUT2D eigenvalue weighted by atomic mass is 16.5. The summed E-state index contributed by atoms with van der Waals surface area (Å²) >= 11 is 0. The standard InChI is InChI=1S/C17H19NO/c1-19-17-9-5-4-8-16(17)13-18-11-10-14-6-2-3-7-15(14)12-18/h2-9H,10-13H2,1H3/p+1. The summed E-state index contributed by atoms with van der Waals surface area (Å²) in [7, 11) is 1.75. The second-order valence-corrected chi connectivity index (χ2v) is 5.18. The summed E-state index contributed by atoms with van der Waals surface area (Å²) in [4.78, 5) is 1.61. The number of hydrogen-bond acceptors (Lipinski definition) is 1. The SMILES string of the molecule is COc1ccccc1C[NH+]1CCc2ccccc2C1. The van der Waals surface area contributed by atoms with Crippen LogP contribution in [-0.4, -0.2) is 13.7 Å². The van der Waals surface area contributed by atoms with E-state index in [2.05, 4.69) is 36.4 Å². The van der Waals surface area contributed by atoms with Crippen molar-refractivity contribution in [2.45, 2.75) is 19.5 Å². The van der Waals surface area contributed by atoms with Crippen molar-refractivity contribution >= 4 is 0 Å². The fraction of sp³-hybridized carbons (Fsp3) is 0.294. The number of para-hydroxylation sites is 1. The summed E-state index contributed by atoms with van der Waals surface area (Å²) in [5.74, 6) is 1.01. The normalized spacial score (nSPS) is 17.8. The smallest absolute Gasteiger partial charge is 0.127 e. The van der Waals surface area contributed by atoms with Crippen molar-refractivity contribution in [3.8, 4) is 5.75 Å². The molecule has 1 heterocycles. The van der Waals surface area contributed by atoms with E-state index < -0.39 is 0 Å².